The summed E-state index contributed by atoms with van der Waals surface area (Å²) < 4.78 is 16.7. The Morgan fingerprint density at radius 2 is 1.59 bits per heavy atom. The van der Waals surface area contributed by atoms with Crippen molar-refractivity contribution >= 4 is 17.6 Å². The van der Waals surface area contributed by atoms with E-state index < -0.39 is 72.0 Å². The average Bonchev–Trinajstić information content (AvgIpc) is 2.99. The van der Waals surface area contributed by atoms with Gasteiger partial charge in [0, 0.05) is 19.9 Å². The second-order valence-corrected chi connectivity index (χ2v) is 11.4. The van der Waals surface area contributed by atoms with Gasteiger partial charge in [0.1, 0.15) is 24.0 Å². The molecule has 0 aliphatic carbocycles. The lowest BCUT2D eigenvalue weighted by Gasteiger charge is -2.46. The molecule has 1 aliphatic heterocycles. The van der Waals surface area contributed by atoms with E-state index in [1.54, 1.807) is 0 Å². The van der Waals surface area contributed by atoms with Gasteiger partial charge in [-0.25, -0.2) is 4.79 Å². The van der Waals surface area contributed by atoms with Crippen LogP contribution < -0.4 is 26.2 Å². The Labute approximate surface area is 257 Å². The molecule has 44 heavy (non-hydrogen) atoms. The summed E-state index contributed by atoms with van der Waals surface area (Å²) in [6.07, 6.45) is 3.26. The van der Waals surface area contributed by atoms with Crippen molar-refractivity contribution < 1.29 is 49.3 Å². The Morgan fingerprint density at radius 1 is 0.977 bits per heavy atom. The van der Waals surface area contributed by atoms with Gasteiger partial charge < -0.3 is 50.4 Å². The lowest BCUT2D eigenvalue weighted by atomic mass is 9.88. The molecule has 252 valence electrons. The standard InChI is InChI=1S/C30H50N2O12/c1-3-4-5-6-7-8-9-12-15-42-27-23(25(38)26(27)39)31-14-11-10-13-16-43-30(29(40)41)17-20(35)22(32-19(2)34)28(44-30)24(37)21(36)18-33/h20-22,24,28,31,33,35-37H,3-18H2,1-2H3,(H,32,34)(H,40,41)/t20-,21+,22+,24+,28+,30+/m0/s1. The lowest BCUT2D eigenvalue weighted by molar-refractivity contribution is -0.311. The van der Waals surface area contributed by atoms with Crippen LogP contribution in [0.25, 0.3) is 0 Å². The topological polar surface area (TPSA) is 221 Å². The number of ether oxygens (including phenoxy) is 3. The van der Waals surface area contributed by atoms with Crippen molar-refractivity contribution in [3.63, 3.8) is 0 Å². The minimum absolute atomic E-state index is 0.0679. The SMILES string of the molecule is CCCCCCCCCCOc1c(NCCCCCO[C@]2(C(=O)O)C[C@H](O)[C@@H](NC(C)=O)[C@H]([C@H](O)[C@H](O)CO)O2)c(=O)c1=O. The minimum atomic E-state index is -2.38. The predicted octanol–water partition coefficient (Wildman–Crippen LogP) is 0.550. The van der Waals surface area contributed by atoms with E-state index in [0.29, 0.717) is 32.4 Å². The molecule has 6 atom stereocenters. The van der Waals surface area contributed by atoms with Crippen molar-refractivity contribution in [3.05, 3.63) is 20.4 Å². The maximum atomic E-state index is 12.2. The van der Waals surface area contributed by atoms with Crippen LogP contribution in [0.15, 0.2) is 9.59 Å². The quantitative estimate of drug-likeness (QED) is 0.0649. The van der Waals surface area contributed by atoms with E-state index in [1.165, 1.54) is 32.1 Å². The molecule has 0 bridgehead atoms. The first kappa shape index (κ1) is 37.6. The van der Waals surface area contributed by atoms with Crippen molar-refractivity contribution in [2.75, 3.05) is 31.7 Å². The zero-order valence-corrected chi connectivity index (χ0v) is 25.8. The molecule has 0 unspecified atom stereocenters. The van der Waals surface area contributed by atoms with Crippen LogP contribution in [0.3, 0.4) is 0 Å². The molecule has 0 spiro atoms. The summed E-state index contributed by atoms with van der Waals surface area (Å²) in [6, 6.07) is -1.27. The fourth-order valence-corrected chi connectivity index (χ4v) is 5.21. The van der Waals surface area contributed by atoms with Gasteiger partial charge in [-0.1, -0.05) is 51.9 Å². The second kappa shape index (κ2) is 19.0. The van der Waals surface area contributed by atoms with E-state index in [0.717, 1.165) is 26.2 Å². The Hall–Kier alpha value is -2.62. The Balaban J connectivity index is 1.79. The number of aliphatic hydroxyl groups excluding tert-OH is 4. The maximum absolute atomic E-state index is 12.2. The number of amides is 1. The number of carboxylic acids is 1. The molecule has 7 N–H and O–H groups in total. The molecular weight excluding hydrogens is 580 g/mol. The molecule has 1 saturated heterocycles. The molecule has 14 heteroatoms. The normalized spacial score (nSPS) is 23.3. The summed E-state index contributed by atoms with van der Waals surface area (Å²) >= 11 is 0. The first-order valence-electron chi connectivity index (χ1n) is 15.7. The smallest absolute Gasteiger partial charge is 0.364 e. The molecule has 1 amide bonds. The number of nitrogens with one attached hydrogen (secondary N) is 2. The molecular formula is C30H50N2O12. The monoisotopic (exact) mass is 630 g/mol. The second-order valence-electron chi connectivity index (χ2n) is 11.4. The van der Waals surface area contributed by atoms with Gasteiger partial charge in [0.2, 0.25) is 5.91 Å². The zero-order chi connectivity index (χ0) is 32.7. The van der Waals surface area contributed by atoms with Gasteiger partial charge >= 0.3 is 5.97 Å². The summed E-state index contributed by atoms with van der Waals surface area (Å²) in [7, 11) is 0. The third kappa shape index (κ3) is 10.8. The summed E-state index contributed by atoms with van der Waals surface area (Å²) in [5.74, 6) is -4.47. The van der Waals surface area contributed by atoms with E-state index in [2.05, 4.69) is 17.6 Å². The van der Waals surface area contributed by atoms with E-state index in [4.69, 9.17) is 14.2 Å². The largest absolute Gasteiger partial charge is 0.487 e. The summed E-state index contributed by atoms with van der Waals surface area (Å²) in [6.45, 7) is 3.10. The number of unbranched alkanes of at least 4 members (excludes halogenated alkanes) is 9. The third-order valence-corrected chi connectivity index (χ3v) is 7.76. The molecule has 1 aromatic carbocycles. The molecule has 1 aromatic rings. The Kier molecular flexibility index (Phi) is 16.2. The number of hydrogen-bond acceptors (Lipinski definition) is 12. The van der Waals surface area contributed by atoms with Crippen molar-refractivity contribution in [2.45, 2.75) is 127 Å². The van der Waals surface area contributed by atoms with Crippen molar-refractivity contribution in [1.82, 2.24) is 5.32 Å². The first-order valence-corrected chi connectivity index (χ1v) is 15.7. The highest BCUT2D eigenvalue weighted by atomic mass is 16.7. The van der Waals surface area contributed by atoms with Gasteiger partial charge in [-0.2, -0.15) is 0 Å². The Bertz CT molecular complexity index is 1090. The van der Waals surface area contributed by atoms with Gasteiger partial charge in [-0.15, -0.1) is 0 Å². The fourth-order valence-electron chi connectivity index (χ4n) is 5.21. The minimum Gasteiger partial charge on any atom is -0.487 e. The number of carbonyl (C=O) groups is 2. The van der Waals surface area contributed by atoms with Crippen LogP contribution in [0.2, 0.25) is 0 Å². The van der Waals surface area contributed by atoms with Crippen LogP contribution in [0.1, 0.15) is 90.9 Å². The van der Waals surface area contributed by atoms with Gasteiger partial charge in [0.15, 0.2) is 5.75 Å². The Morgan fingerprint density at radius 3 is 2.20 bits per heavy atom. The van der Waals surface area contributed by atoms with Crippen molar-refractivity contribution in [1.29, 1.82) is 0 Å². The third-order valence-electron chi connectivity index (χ3n) is 7.76. The number of carboxylic acid groups (broad SMARTS) is 1. The van der Waals surface area contributed by atoms with Crippen LogP contribution in [0.5, 0.6) is 5.75 Å². The molecule has 14 nitrogen and oxygen atoms in total. The highest BCUT2D eigenvalue weighted by molar-refractivity contribution is 5.76. The van der Waals surface area contributed by atoms with Crippen LogP contribution in [-0.2, 0) is 19.1 Å². The van der Waals surface area contributed by atoms with Gasteiger partial charge in [-0.3, -0.25) is 14.4 Å². The number of aliphatic carboxylic acids is 1. The maximum Gasteiger partial charge on any atom is 0.364 e. The zero-order valence-electron chi connectivity index (χ0n) is 25.8. The molecule has 1 fully saturated rings. The van der Waals surface area contributed by atoms with E-state index in [1.807, 2.05) is 0 Å². The number of rotatable bonds is 23. The molecule has 1 aliphatic rings. The molecule has 0 radical (unpaired) electrons. The van der Waals surface area contributed by atoms with Crippen molar-refractivity contribution in [3.8, 4) is 5.75 Å². The highest BCUT2D eigenvalue weighted by Gasteiger charge is 2.55. The van der Waals surface area contributed by atoms with Crippen LogP contribution >= 0.6 is 0 Å². The first-order chi connectivity index (χ1) is 21.0. The molecule has 1 heterocycles. The number of anilines is 1. The predicted molar refractivity (Wildman–Crippen MR) is 160 cm³/mol. The molecule has 2 rings (SSSR count). The van der Waals surface area contributed by atoms with Gasteiger partial charge in [0.25, 0.3) is 16.6 Å². The summed E-state index contributed by atoms with van der Waals surface area (Å²) in [5, 5.41) is 55.5. The van der Waals surface area contributed by atoms with E-state index in [9.17, 15) is 44.7 Å². The highest BCUT2D eigenvalue weighted by Crippen LogP contribution is 2.34. The van der Waals surface area contributed by atoms with Crippen LogP contribution in [-0.4, -0.2) is 100 Å². The fraction of sp³-hybridized carbons (Fsp3) is 0.800. The summed E-state index contributed by atoms with van der Waals surface area (Å²) in [4.78, 5) is 47.7. The summed E-state index contributed by atoms with van der Waals surface area (Å²) in [5.41, 5.74) is -1.08. The lowest BCUT2D eigenvalue weighted by Crippen LogP contribution is -2.67. The molecule has 0 aromatic heterocycles. The van der Waals surface area contributed by atoms with Gasteiger partial charge in [-0.05, 0) is 25.7 Å². The van der Waals surface area contributed by atoms with E-state index in [-0.39, 0.29) is 18.0 Å². The van der Waals surface area contributed by atoms with Crippen LogP contribution in [0.4, 0.5) is 5.69 Å². The number of aliphatic hydroxyl groups is 4. The number of carbonyl (C=O) groups excluding carboxylic acids is 1. The van der Waals surface area contributed by atoms with Crippen molar-refractivity contribution in [2.24, 2.45) is 0 Å². The van der Waals surface area contributed by atoms with Gasteiger partial charge in [0.05, 0.1) is 32.0 Å². The number of hydrogen-bond donors (Lipinski definition) is 7. The van der Waals surface area contributed by atoms with Crippen LogP contribution in [0, 0.1) is 0 Å². The molecule has 0 saturated carbocycles. The van der Waals surface area contributed by atoms with E-state index >= 15 is 0 Å². The average molecular weight is 631 g/mol.